The Morgan fingerprint density at radius 2 is 2.00 bits per heavy atom. The minimum atomic E-state index is -0.405. The normalized spacial score (nSPS) is 10.4. The summed E-state index contributed by atoms with van der Waals surface area (Å²) >= 11 is 0. The Morgan fingerprint density at radius 3 is 2.58 bits per heavy atom. The van der Waals surface area contributed by atoms with Gasteiger partial charge in [0, 0.05) is 12.1 Å². The summed E-state index contributed by atoms with van der Waals surface area (Å²) in [6.07, 6.45) is 1.33. The van der Waals surface area contributed by atoms with Crippen molar-refractivity contribution in [1.29, 1.82) is 0 Å². The molecule has 0 atom stereocenters. The van der Waals surface area contributed by atoms with Gasteiger partial charge in [0.25, 0.3) is 0 Å². The summed E-state index contributed by atoms with van der Waals surface area (Å²) in [6.45, 7) is 6.05. The van der Waals surface area contributed by atoms with Crippen molar-refractivity contribution < 1.29 is 14.3 Å². The fourth-order valence-electron chi connectivity index (χ4n) is 1.63. The Morgan fingerprint density at radius 1 is 1.32 bits per heavy atom. The van der Waals surface area contributed by atoms with Crippen LogP contribution in [-0.2, 0) is 9.53 Å². The van der Waals surface area contributed by atoms with Crippen LogP contribution in [0.25, 0.3) is 0 Å². The van der Waals surface area contributed by atoms with E-state index in [1.807, 2.05) is 6.92 Å². The smallest absolute Gasteiger partial charge is 0.337 e. The van der Waals surface area contributed by atoms with E-state index in [0.29, 0.717) is 23.6 Å². The lowest BCUT2D eigenvalue weighted by atomic mass is 10.1. The number of hydrogen-bond donors (Lipinski definition) is 1. The summed E-state index contributed by atoms with van der Waals surface area (Å²) in [5.74, 6) is 0.0599. The van der Waals surface area contributed by atoms with Gasteiger partial charge >= 0.3 is 5.97 Å². The predicted molar refractivity (Wildman–Crippen MR) is 75.2 cm³/mol. The fraction of sp³-hybridized carbons (Fsp3) is 0.467. The van der Waals surface area contributed by atoms with Gasteiger partial charge in [-0.2, -0.15) is 0 Å². The van der Waals surface area contributed by atoms with E-state index in [4.69, 9.17) is 0 Å². The van der Waals surface area contributed by atoms with Crippen molar-refractivity contribution >= 4 is 17.6 Å². The number of carbonyl (C=O) groups is 2. The number of anilines is 1. The van der Waals surface area contributed by atoms with Crippen LogP contribution in [-0.4, -0.2) is 19.0 Å². The van der Waals surface area contributed by atoms with Gasteiger partial charge in [-0.1, -0.05) is 19.9 Å². The van der Waals surface area contributed by atoms with Crippen molar-refractivity contribution in [2.24, 2.45) is 5.92 Å². The number of hydrogen-bond acceptors (Lipinski definition) is 3. The van der Waals surface area contributed by atoms with E-state index in [1.54, 1.807) is 18.2 Å². The summed E-state index contributed by atoms with van der Waals surface area (Å²) < 4.78 is 4.66. The van der Waals surface area contributed by atoms with Crippen LogP contribution in [0.4, 0.5) is 5.69 Å². The Hall–Kier alpha value is -1.84. The number of amides is 1. The van der Waals surface area contributed by atoms with Crippen molar-refractivity contribution in [2.75, 3.05) is 12.4 Å². The molecule has 1 aromatic rings. The molecule has 104 valence electrons. The molecular weight excluding hydrogens is 242 g/mol. The van der Waals surface area contributed by atoms with Gasteiger partial charge in [0.1, 0.15) is 0 Å². The molecule has 0 aromatic heterocycles. The minimum Gasteiger partial charge on any atom is -0.465 e. The Balaban J connectivity index is 2.77. The molecule has 1 rings (SSSR count). The van der Waals surface area contributed by atoms with E-state index in [9.17, 15) is 9.59 Å². The van der Waals surface area contributed by atoms with Crippen LogP contribution in [0.2, 0.25) is 0 Å². The van der Waals surface area contributed by atoms with Crippen molar-refractivity contribution in [3.63, 3.8) is 0 Å². The molecular formula is C15H21NO3. The van der Waals surface area contributed by atoms with E-state index in [2.05, 4.69) is 23.9 Å². The second-order valence-electron chi connectivity index (χ2n) is 5.00. The standard InChI is InChI=1S/C15H21NO3/c1-10(2)5-8-14(17)16-13-9-12(15(18)19-4)7-6-11(13)3/h6-7,9-10H,5,8H2,1-4H3,(H,16,17). The number of nitrogens with one attached hydrogen (secondary N) is 1. The predicted octanol–water partition coefficient (Wildman–Crippen LogP) is 3.16. The first kappa shape index (κ1) is 15.2. The van der Waals surface area contributed by atoms with E-state index >= 15 is 0 Å². The molecule has 0 fully saturated rings. The van der Waals surface area contributed by atoms with Crippen LogP contribution in [0.3, 0.4) is 0 Å². The Kier molecular flexibility index (Phi) is 5.55. The van der Waals surface area contributed by atoms with Crippen LogP contribution in [0.1, 0.15) is 42.6 Å². The fourth-order valence-corrected chi connectivity index (χ4v) is 1.63. The molecule has 0 saturated carbocycles. The largest absolute Gasteiger partial charge is 0.465 e. The molecule has 1 aromatic carbocycles. The lowest BCUT2D eigenvalue weighted by molar-refractivity contribution is -0.116. The zero-order valence-electron chi connectivity index (χ0n) is 11.9. The summed E-state index contributed by atoms with van der Waals surface area (Å²) in [6, 6.07) is 5.13. The van der Waals surface area contributed by atoms with Gasteiger partial charge < -0.3 is 10.1 Å². The number of benzene rings is 1. The second kappa shape index (κ2) is 6.92. The quantitative estimate of drug-likeness (QED) is 0.830. The molecule has 0 heterocycles. The third kappa shape index (κ3) is 4.73. The molecule has 0 unspecified atom stereocenters. The summed E-state index contributed by atoms with van der Waals surface area (Å²) in [4.78, 5) is 23.2. The first-order valence-corrected chi connectivity index (χ1v) is 6.43. The monoisotopic (exact) mass is 263 g/mol. The number of aryl methyl sites for hydroxylation is 1. The van der Waals surface area contributed by atoms with Crippen LogP contribution in [0, 0.1) is 12.8 Å². The SMILES string of the molecule is COC(=O)c1ccc(C)c(NC(=O)CCC(C)C)c1. The third-order valence-electron chi connectivity index (χ3n) is 2.88. The van der Waals surface area contributed by atoms with Gasteiger partial charge in [-0.15, -0.1) is 0 Å². The molecule has 0 aliphatic carbocycles. The molecule has 1 amide bonds. The highest BCUT2D eigenvalue weighted by Crippen LogP contribution is 2.18. The molecule has 0 spiro atoms. The summed E-state index contributed by atoms with van der Waals surface area (Å²) in [5.41, 5.74) is 2.02. The Bertz CT molecular complexity index is 466. The summed E-state index contributed by atoms with van der Waals surface area (Å²) in [5, 5.41) is 2.84. The zero-order chi connectivity index (χ0) is 14.4. The van der Waals surface area contributed by atoms with Crippen LogP contribution < -0.4 is 5.32 Å². The van der Waals surface area contributed by atoms with Gasteiger partial charge in [0.15, 0.2) is 0 Å². The van der Waals surface area contributed by atoms with Crippen molar-refractivity contribution in [3.8, 4) is 0 Å². The average Bonchev–Trinajstić information content (AvgIpc) is 2.38. The van der Waals surface area contributed by atoms with Gasteiger partial charge in [0.2, 0.25) is 5.91 Å². The molecule has 0 saturated heterocycles. The molecule has 0 aliphatic rings. The zero-order valence-corrected chi connectivity index (χ0v) is 11.9. The van der Waals surface area contributed by atoms with Gasteiger partial charge in [-0.3, -0.25) is 4.79 Å². The van der Waals surface area contributed by atoms with Gasteiger partial charge in [-0.25, -0.2) is 4.79 Å². The maximum atomic E-state index is 11.8. The van der Waals surface area contributed by atoms with E-state index < -0.39 is 5.97 Å². The maximum absolute atomic E-state index is 11.8. The first-order chi connectivity index (χ1) is 8.93. The van der Waals surface area contributed by atoms with Crippen LogP contribution in [0.5, 0.6) is 0 Å². The highest BCUT2D eigenvalue weighted by atomic mass is 16.5. The highest BCUT2D eigenvalue weighted by molar-refractivity contribution is 5.95. The van der Waals surface area contributed by atoms with Crippen molar-refractivity contribution in [2.45, 2.75) is 33.6 Å². The van der Waals surface area contributed by atoms with Crippen molar-refractivity contribution in [1.82, 2.24) is 0 Å². The number of rotatable bonds is 5. The van der Waals surface area contributed by atoms with E-state index in [1.165, 1.54) is 7.11 Å². The van der Waals surface area contributed by atoms with E-state index in [-0.39, 0.29) is 5.91 Å². The number of carbonyl (C=O) groups excluding carboxylic acids is 2. The number of esters is 1. The lowest BCUT2D eigenvalue weighted by Gasteiger charge is -2.10. The maximum Gasteiger partial charge on any atom is 0.337 e. The third-order valence-corrected chi connectivity index (χ3v) is 2.88. The number of ether oxygens (including phenoxy) is 1. The molecule has 0 radical (unpaired) electrons. The lowest BCUT2D eigenvalue weighted by Crippen LogP contribution is -2.14. The number of methoxy groups -OCH3 is 1. The van der Waals surface area contributed by atoms with E-state index in [0.717, 1.165) is 12.0 Å². The summed E-state index contributed by atoms with van der Waals surface area (Å²) in [7, 11) is 1.34. The highest BCUT2D eigenvalue weighted by Gasteiger charge is 2.10. The second-order valence-corrected chi connectivity index (χ2v) is 5.00. The molecule has 0 aliphatic heterocycles. The minimum absolute atomic E-state index is 0.0289. The van der Waals surface area contributed by atoms with Gasteiger partial charge in [0.05, 0.1) is 12.7 Å². The molecule has 1 N–H and O–H groups in total. The first-order valence-electron chi connectivity index (χ1n) is 6.43. The van der Waals surface area contributed by atoms with Crippen molar-refractivity contribution in [3.05, 3.63) is 29.3 Å². The molecule has 4 heteroatoms. The molecule has 0 bridgehead atoms. The Labute approximate surface area is 114 Å². The van der Waals surface area contributed by atoms with Gasteiger partial charge in [-0.05, 0) is 37.0 Å². The van der Waals surface area contributed by atoms with Crippen LogP contribution >= 0.6 is 0 Å². The molecule has 4 nitrogen and oxygen atoms in total. The topological polar surface area (TPSA) is 55.4 Å². The van der Waals surface area contributed by atoms with Crippen LogP contribution in [0.15, 0.2) is 18.2 Å². The molecule has 19 heavy (non-hydrogen) atoms. The average molecular weight is 263 g/mol.